The quantitative estimate of drug-likeness (QED) is 0.839. The molecule has 1 aromatic carbocycles. The minimum atomic E-state index is 0.538. The molecule has 0 aromatic heterocycles. The van der Waals surface area contributed by atoms with E-state index in [1.807, 2.05) is 0 Å². The van der Waals surface area contributed by atoms with Gasteiger partial charge in [0.1, 0.15) is 0 Å². The highest BCUT2D eigenvalue weighted by atomic mass is 15.2. The van der Waals surface area contributed by atoms with E-state index >= 15 is 0 Å². The van der Waals surface area contributed by atoms with Gasteiger partial charge in [0, 0.05) is 24.3 Å². The van der Waals surface area contributed by atoms with Crippen LogP contribution in [-0.4, -0.2) is 19.1 Å². The number of rotatable bonds is 3. The molecule has 1 aliphatic heterocycles. The molecule has 2 heteroatoms. The van der Waals surface area contributed by atoms with Gasteiger partial charge in [-0.2, -0.15) is 0 Å². The van der Waals surface area contributed by atoms with E-state index < -0.39 is 0 Å². The van der Waals surface area contributed by atoms with Crippen molar-refractivity contribution in [1.82, 2.24) is 5.32 Å². The van der Waals surface area contributed by atoms with Crippen LogP contribution in [0, 0.1) is 0 Å². The third kappa shape index (κ3) is 2.07. The molecule has 1 aromatic rings. The predicted molar refractivity (Wildman–Crippen MR) is 70.0 cm³/mol. The lowest BCUT2D eigenvalue weighted by atomic mass is 9.95. The van der Waals surface area contributed by atoms with Gasteiger partial charge >= 0.3 is 0 Å². The standard InChI is InChI=1S/C14H22N2/c1-4-15-13-9-10-16(11(2)3)14-8-6-5-7-12(13)14/h5-8,11,13,15H,4,9-10H2,1-3H3. The smallest absolute Gasteiger partial charge is 0.0417 e. The van der Waals surface area contributed by atoms with Gasteiger partial charge in [-0.1, -0.05) is 25.1 Å². The van der Waals surface area contributed by atoms with Crippen LogP contribution in [0.4, 0.5) is 5.69 Å². The molecule has 0 bridgehead atoms. The molecular weight excluding hydrogens is 196 g/mol. The normalized spacial score (nSPS) is 20.0. The number of para-hydroxylation sites is 1. The molecule has 16 heavy (non-hydrogen) atoms. The van der Waals surface area contributed by atoms with Gasteiger partial charge in [-0.15, -0.1) is 0 Å². The van der Waals surface area contributed by atoms with E-state index in [1.54, 1.807) is 0 Å². The van der Waals surface area contributed by atoms with Crippen molar-refractivity contribution >= 4 is 5.69 Å². The molecule has 0 fully saturated rings. The number of hydrogen-bond acceptors (Lipinski definition) is 2. The molecule has 1 aliphatic rings. The Morgan fingerprint density at radius 1 is 1.38 bits per heavy atom. The Bertz CT molecular complexity index is 346. The zero-order valence-corrected chi connectivity index (χ0v) is 10.5. The van der Waals surface area contributed by atoms with Gasteiger partial charge in [0.05, 0.1) is 0 Å². The Labute approximate surface area is 98.7 Å². The molecule has 0 aliphatic carbocycles. The largest absolute Gasteiger partial charge is 0.369 e. The maximum Gasteiger partial charge on any atom is 0.0417 e. The van der Waals surface area contributed by atoms with E-state index in [4.69, 9.17) is 0 Å². The number of nitrogens with one attached hydrogen (secondary N) is 1. The molecule has 0 saturated carbocycles. The van der Waals surface area contributed by atoms with Crippen LogP contribution in [0.5, 0.6) is 0 Å². The van der Waals surface area contributed by atoms with Crippen molar-refractivity contribution in [3.8, 4) is 0 Å². The maximum atomic E-state index is 3.57. The van der Waals surface area contributed by atoms with Crippen LogP contribution in [0.2, 0.25) is 0 Å². The lowest BCUT2D eigenvalue weighted by molar-refractivity contribution is 0.477. The van der Waals surface area contributed by atoms with Gasteiger partial charge in [0.2, 0.25) is 0 Å². The number of nitrogens with zero attached hydrogens (tertiary/aromatic N) is 1. The Morgan fingerprint density at radius 2 is 2.12 bits per heavy atom. The first-order chi connectivity index (χ1) is 7.74. The highest BCUT2D eigenvalue weighted by Gasteiger charge is 2.25. The van der Waals surface area contributed by atoms with Gasteiger partial charge in [-0.3, -0.25) is 0 Å². The summed E-state index contributed by atoms with van der Waals surface area (Å²) in [6.07, 6.45) is 1.21. The van der Waals surface area contributed by atoms with Gasteiger partial charge in [-0.05, 0) is 38.4 Å². The second-order valence-electron chi connectivity index (χ2n) is 4.74. The van der Waals surface area contributed by atoms with Crippen molar-refractivity contribution in [1.29, 1.82) is 0 Å². The van der Waals surface area contributed by atoms with Crippen LogP contribution < -0.4 is 10.2 Å². The lowest BCUT2D eigenvalue weighted by Gasteiger charge is -2.38. The van der Waals surface area contributed by atoms with E-state index in [-0.39, 0.29) is 0 Å². The minimum absolute atomic E-state index is 0.538. The monoisotopic (exact) mass is 218 g/mol. The van der Waals surface area contributed by atoms with Crippen molar-refractivity contribution in [2.24, 2.45) is 0 Å². The number of hydrogen-bond donors (Lipinski definition) is 1. The average molecular weight is 218 g/mol. The topological polar surface area (TPSA) is 15.3 Å². The molecule has 1 N–H and O–H groups in total. The van der Waals surface area contributed by atoms with E-state index in [0.717, 1.165) is 13.1 Å². The fraction of sp³-hybridized carbons (Fsp3) is 0.571. The fourth-order valence-electron chi connectivity index (χ4n) is 2.58. The zero-order valence-electron chi connectivity index (χ0n) is 10.5. The third-order valence-corrected chi connectivity index (χ3v) is 3.35. The summed E-state index contributed by atoms with van der Waals surface area (Å²) in [6, 6.07) is 9.92. The van der Waals surface area contributed by atoms with E-state index in [1.165, 1.54) is 17.7 Å². The van der Waals surface area contributed by atoms with Crippen molar-refractivity contribution in [2.75, 3.05) is 18.0 Å². The second kappa shape index (κ2) is 4.88. The van der Waals surface area contributed by atoms with E-state index in [0.29, 0.717) is 12.1 Å². The highest BCUT2D eigenvalue weighted by molar-refractivity contribution is 5.57. The van der Waals surface area contributed by atoms with Crippen molar-refractivity contribution in [3.63, 3.8) is 0 Å². The second-order valence-corrected chi connectivity index (χ2v) is 4.74. The Morgan fingerprint density at radius 3 is 2.81 bits per heavy atom. The Hall–Kier alpha value is -1.02. The van der Waals surface area contributed by atoms with Gasteiger partial charge in [0.15, 0.2) is 0 Å². The fourth-order valence-corrected chi connectivity index (χ4v) is 2.58. The van der Waals surface area contributed by atoms with Crippen molar-refractivity contribution < 1.29 is 0 Å². The summed E-state index contributed by atoms with van der Waals surface area (Å²) >= 11 is 0. The summed E-state index contributed by atoms with van der Waals surface area (Å²) in [5, 5.41) is 3.57. The van der Waals surface area contributed by atoms with Crippen LogP contribution in [0.1, 0.15) is 38.8 Å². The van der Waals surface area contributed by atoms with Gasteiger partial charge < -0.3 is 10.2 Å². The zero-order chi connectivity index (χ0) is 11.5. The Balaban J connectivity index is 2.32. The summed E-state index contributed by atoms with van der Waals surface area (Å²) in [5.41, 5.74) is 2.87. The number of benzene rings is 1. The van der Waals surface area contributed by atoms with Crippen LogP contribution in [0.25, 0.3) is 0 Å². The molecule has 0 spiro atoms. The van der Waals surface area contributed by atoms with Crippen LogP contribution >= 0.6 is 0 Å². The first-order valence-electron chi connectivity index (χ1n) is 6.33. The van der Waals surface area contributed by atoms with Crippen LogP contribution in [0.3, 0.4) is 0 Å². The lowest BCUT2D eigenvalue weighted by Crippen LogP contribution is -2.39. The summed E-state index contributed by atoms with van der Waals surface area (Å²) in [7, 11) is 0. The number of anilines is 1. The number of fused-ring (bicyclic) bond motifs is 1. The van der Waals surface area contributed by atoms with E-state index in [2.05, 4.69) is 55.3 Å². The summed E-state index contributed by atoms with van der Waals surface area (Å²) in [5.74, 6) is 0. The highest BCUT2D eigenvalue weighted by Crippen LogP contribution is 2.34. The van der Waals surface area contributed by atoms with E-state index in [9.17, 15) is 0 Å². The first-order valence-corrected chi connectivity index (χ1v) is 6.33. The predicted octanol–water partition coefficient (Wildman–Crippen LogP) is 2.96. The third-order valence-electron chi connectivity index (χ3n) is 3.35. The molecule has 1 unspecified atom stereocenters. The molecule has 0 radical (unpaired) electrons. The van der Waals surface area contributed by atoms with Gasteiger partial charge in [-0.25, -0.2) is 0 Å². The summed E-state index contributed by atoms with van der Waals surface area (Å²) in [6.45, 7) is 8.92. The van der Waals surface area contributed by atoms with Crippen LogP contribution in [-0.2, 0) is 0 Å². The molecule has 2 nitrogen and oxygen atoms in total. The molecule has 1 atom stereocenters. The maximum absolute atomic E-state index is 3.57. The van der Waals surface area contributed by atoms with Crippen molar-refractivity contribution in [2.45, 2.75) is 39.3 Å². The van der Waals surface area contributed by atoms with Crippen molar-refractivity contribution in [3.05, 3.63) is 29.8 Å². The molecule has 2 rings (SSSR count). The van der Waals surface area contributed by atoms with Crippen LogP contribution in [0.15, 0.2) is 24.3 Å². The molecule has 1 heterocycles. The Kier molecular flexibility index (Phi) is 3.49. The molecule has 0 saturated heterocycles. The first kappa shape index (κ1) is 11.5. The summed E-state index contributed by atoms with van der Waals surface area (Å²) < 4.78 is 0. The summed E-state index contributed by atoms with van der Waals surface area (Å²) in [4.78, 5) is 2.50. The minimum Gasteiger partial charge on any atom is -0.369 e. The average Bonchev–Trinajstić information content (AvgIpc) is 2.29. The molecule has 88 valence electrons. The molecule has 0 amide bonds. The SMILES string of the molecule is CCNC1CCN(C(C)C)c2ccccc21. The molecular formula is C14H22N2. The van der Waals surface area contributed by atoms with Gasteiger partial charge in [0.25, 0.3) is 0 Å².